The van der Waals surface area contributed by atoms with E-state index in [1.165, 1.54) is 6.07 Å². The van der Waals surface area contributed by atoms with Gasteiger partial charge in [0.25, 0.3) is 0 Å². The summed E-state index contributed by atoms with van der Waals surface area (Å²) in [5.74, 6) is -0.650. The molecule has 3 rings (SSSR count). The molecule has 0 aliphatic heterocycles. The molecule has 4 nitrogen and oxygen atoms in total. The lowest BCUT2D eigenvalue weighted by molar-refractivity contribution is -0.169. The predicted molar refractivity (Wildman–Crippen MR) is 80.3 cm³/mol. The Hall–Kier alpha value is -2.17. The van der Waals surface area contributed by atoms with E-state index >= 15 is 0 Å². The van der Waals surface area contributed by atoms with E-state index in [0.29, 0.717) is 36.1 Å². The van der Waals surface area contributed by atoms with Crippen molar-refractivity contribution in [3.8, 4) is 5.75 Å². The van der Waals surface area contributed by atoms with Crippen LogP contribution in [-0.4, -0.2) is 23.2 Å². The lowest BCUT2D eigenvalue weighted by atomic mass is 9.80. The number of fused-ring (bicyclic) bond motifs is 1. The molecule has 116 valence electrons. The summed E-state index contributed by atoms with van der Waals surface area (Å²) in [7, 11) is 0. The van der Waals surface area contributed by atoms with Gasteiger partial charge in [-0.25, -0.2) is 9.78 Å². The van der Waals surface area contributed by atoms with Crippen molar-refractivity contribution in [2.24, 2.45) is 0 Å². The Morgan fingerprint density at radius 2 is 2.14 bits per heavy atom. The SMILES string of the molecule is CCOC(=O)C1(Oc2cc(F)nc3ccc(C)cc23)CCC1. The second-order valence-corrected chi connectivity index (χ2v) is 5.63. The Bertz CT molecular complexity index is 725. The van der Waals surface area contributed by atoms with Gasteiger partial charge in [0.1, 0.15) is 5.75 Å². The molecule has 1 fully saturated rings. The van der Waals surface area contributed by atoms with Gasteiger partial charge in [0.2, 0.25) is 11.5 Å². The van der Waals surface area contributed by atoms with Gasteiger partial charge in [-0.15, -0.1) is 0 Å². The van der Waals surface area contributed by atoms with Crippen LogP contribution in [0.25, 0.3) is 10.9 Å². The van der Waals surface area contributed by atoms with E-state index < -0.39 is 11.5 Å². The van der Waals surface area contributed by atoms with Gasteiger partial charge in [-0.2, -0.15) is 4.39 Å². The normalized spacial score (nSPS) is 16.1. The number of ether oxygens (including phenoxy) is 2. The molecule has 1 aliphatic rings. The molecule has 0 spiro atoms. The van der Waals surface area contributed by atoms with Crippen molar-refractivity contribution in [1.82, 2.24) is 4.98 Å². The van der Waals surface area contributed by atoms with Gasteiger partial charge in [0.05, 0.1) is 12.1 Å². The van der Waals surface area contributed by atoms with Crippen LogP contribution in [0.5, 0.6) is 5.75 Å². The fraction of sp³-hybridized carbons (Fsp3) is 0.412. The summed E-state index contributed by atoms with van der Waals surface area (Å²) in [6, 6.07) is 6.73. The average Bonchev–Trinajstić information content (AvgIpc) is 2.43. The molecule has 5 heteroatoms. The van der Waals surface area contributed by atoms with Gasteiger partial charge >= 0.3 is 5.97 Å². The number of carbonyl (C=O) groups excluding carboxylic acids is 1. The first kappa shape index (κ1) is 14.8. The highest BCUT2D eigenvalue weighted by Gasteiger charge is 2.48. The average molecular weight is 303 g/mol. The van der Waals surface area contributed by atoms with Gasteiger partial charge in [0.15, 0.2) is 0 Å². The summed E-state index contributed by atoms with van der Waals surface area (Å²) in [5, 5.41) is 0.706. The fourth-order valence-corrected chi connectivity index (χ4v) is 2.68. The number of rotatable bonds is 4. The number of nitrogens with zero attached hydrogens (tertiary/aromatic N) is 1. The smallest absolute Gasteiger partial charge is 0.350 e. The lowest BCUT2D eigenvalue weighted by Crippen LogP contribution is -2.51. The summed E-state index contributed by atoms with van der Waals surface area (Å²) in [4.78, 5) is 16.1. The fourth-order valence-electron chi connectivity index (χ4n) is 2.68. The molecule has 1 saturated carbocycles. The van der Waals surface area contributed by atoms with E-state index in [0.717, 1.165) is 12.0 Å². The van der Waals surface area contributed by atoms with E-state index in [1.807, 2.05) is 19.1 Å². The van der Waals surface area contributed by atoms with Crippen LogP contribution < -0.4 is 4.74 Å². The van der Waals surface area contributed by atoms with Crippen molar-refractivity contribution >= 4 is 16.9 Å². The minimum atomic E-state index is -0.986. The van der Waals surface area contributed by atoms with Gasteiger partial charge in [-0.3, -0.25) is 0 Å². The number of hydrogen-bond donors (Lipinski definition) is 0. The van der Waals surface area contributed by atoms with Crippen molar-refractivity contribution in [3.05, 3.63) is 35.8 Å². The minimum absolute atomic E-state index is 0.300. The third-order valence-electron chi connectivity index (χ3n) is 4.01. The van der Waals surface area contributed by atoms with Crippen LogP contribution in [0.15, 0.2) is 24.3 Å². The Labute approximate surface area is 128 Å². The Balaban J connectivity index is 2.02. The first-order valence-electron chi connectivity index (χ1n) is 7.47. The standard InChI is InChI=1S/C17H18FNO3/c1-3-21-16(20)17(7-4-8-17)22-14-10-15(18)19-13-6-5-11(2)9-12(13)14/h5-6,9-10H,3-4,7-8H2,1-2H3. The van der Waals surface area contributed by atoms with Crippen molar-refractivity contribution in [2.45, 2.75) is 38.7 Å². The van der Waals surface area contributed by atoms with Gasteiger partial charge in [-0.1, -0.05) is 11.6 Å². The second-order valence-electron chi connectivity index (χ2n) is 5.63. The van der Waals surface area contributed by atoms with Crippen molar-refractivity contribution in [3.63, 3.8) is 0 Å². The summed E-state index contributed by atoms with van der Waals surface area (Å²) >= 11 is 0. The summed E-state index contributed by atoms with van der Waals surface area (Å²) < 4.78 is 24.8. The highest BCUT2D eigenvalue weighted by molar-refractivity contribution is 5.87. The molecule has 0 bridgehead atoms. The zero-order valence-electron chi connectivity index (χ0n) is 12.7. The quantitative estimate of drug-likeness (QED) is 0.640. The number of hydrogen-bond acceptors (Lipinski definition) is 4. The number of benzene rings is 1. The summed E-state index contributed by atoms with van der Waals surface area (Å²) in [6.45, 7) is 4.00. The number of halogens is 1. The van der Waals surface area contributed by atoms with E-state index in [-0.39, 0.29) is 5.97 Å². The Morgan fingerprint density at radius 3 is 2.77 bits per heavy atom. The highest BCUT2D eigenvalue weighted by Crippen LogP contribution is 2.40. The molecule has 22 heavy (non-hydrogen) atoms. The molecule has 0 saturated heterocycles. The maximum absolute atomic E-state index is 13.7. The molecule has 1 aromatic carbocycles. The Kier molecular flexibility index (Phi) is 3.72. The number of aromatic nitrogens is 1. The number of pyridine rings is 1. The molecule has 1 heterocycles. The number of esters is 1. The second kappa shape index (κ2) is 5.55. The van der Waals surface area contributed by atoms with Gasteiger partial charge in [-0.05, 0) is 45.2 Å². The van der Waals surface area contributed by atoms with Crippen molar-refractivity contribution < 1.29 is 18.7 Å². The lowest BCUT2D eigenvalue weighted by Gasteiger charge is -2.39. The molecule has 0 unspecified atom stereocenters. The van der Waals surface area contributed by atoms with Crippen LogP contribution >= 0.6 is 0 Å². The summed E-state index contributed by atoms with van der Waals surface area (Å²) in [6.07, 6.45) is 2.06. The van der Waals surface area contributed by atoms with Crippen LogP contribution in [-0.2, 0) is 9.53 Å². The van der Waals surface area contributed by atoms with Crippen molar-refractivity contribution in [2.75, 3.05) is 6.61 Å². The molecule has 0 atom stereocenters. The van der Waals surface area contributed by atoms with E-state index in [4.69, 9.17) is 9.47 Å². The first-order valence-corrected chi connectivity index (χ1v) is 7.47. The van der Waals surface area contributed by atoms with Crippen LogP contribution in [0.2, 0.25) is 0 Å². The van der Waals surface area contributed by atoms with Gasteiger partial charge in [0, 0.05) is 11.5 Å². The highest BCUT2D eigenvalue weighted by atomic mass is 19.1. The molecule has 1 aromatic heterocycles. The van der Waals surface area contributed by atoms with Gasteiger partial charge < -0.3 is 9.47 Å². The molecule has 0 N–H and O–H groups in total. The molecule has 1 aliphatic carbocycles. The number of carbonyl (C=O) groups is 1. The Morgan fingerprint density at radius 1 is 1.36 bits per heavy atom. The van der Waals surface area contributed by atoms with Crippen LogP contribution in [0.4, 0.5) is 4.39 Å². The van der Waals surface area contributed by atoms with Crippen LogP contribution in [0, 0.1) is 12.9 Å². The minimum Gasteiger partial charge on any atom is -0.475 e. The molecule has 2 aromatic rings. The van der Waals surface area contributed by atoms with Crippen LogP contribution in [0.3, 0.4) is 0 Å². The van der Waals surface area contributed by atoms with E-state index in [1.54, 1.807) is 13.0 Å². The number of aryl methyl sites for hydroxylation is 1. The molecular formula is C17H18FNO3. The maximum Gasteiger partial charge on any atom is 0.350 e. The van der Waals surface area contributed by atoms with Crippen molar-refractivity contribution in [1.29, 1.82) is 0 Å². The molecule has 0 radical (unpaired) electrons. The molecular weight excluding hydrogens is 285 g/mol. The summed E-state index contributed by atoms with van der Waals surface area (Å²) in [5.41, 5.74) is 0.545. The van der Waals surface area contributed by atoms with E-state index in [9.17, 15) is 9.18 Å². The zero-order valence-corrected chi connectivity index (χ0v) is 12.7. The third-order valence-corrected chi connectivity index (χ3v) is 4.01. The molecule has 0 amide bonds. The van der Waals surface area contributed by atoms with E-state index in [2.05, 4.69) is 4.98 Å². The predicted octanol–water partition coefficient (Wildman–Crippen LogP) is 3.55. The van der Waals surface area contributed by atoms with Crippen LogP contribution in [0.1, 0.15) is 31.7 Å². The largest absolute Gasteiger partial charge is 0.475 e. The monoisotopic (exact) mass is 303 g/mol. The maximum atomic E-state index is 13.7. The topological polar surface area (TPSA) is 48.4 Å². The third kappa shape index (κ3) is 2.51. The zero-order chi connectivity index (χ0) is 15.7. The first-order chi connectivity index (χ1) is 10.5.